The SMILES string of the molecule is C[C@H](C(=O)OCC(=O)Nc1cccc2ccccc12)N1C(=O)c2ccc(C(=O)OCC(=O)Nc3cccc4ccccc34)cc2C1=O. The minimum Gasteiger partial charge on any atom is -0.454 e. The Balaban J connectivity index is 1.05. The lowest BCUT2D eigenvalue weighted by Gasteiger charge is -2.20. The maximum atomic E-state index is 13.2. The zero-order chi connectivity index (χ0) is 33.1. The molecule has 2 N–H and O–H groups in total. The van der Waals surface area contributed by atoms with Crippen molar-refractivity contribution in [2.24, 2.45) is 0 Å². The van der Waals surface area contributed by atoms with Crippen molar-refractivity contribution in [3.05, 3.63) is 120 Å². The van der Waals surface area contributed by atoms with E-state index in [1.165, 1.54) is 25.1 Å². The summed E-state index contributed by atoms with van der Waals surface area (Å²) >= 11 is 0. The fourth-order valence-electron chi connectivity index (χ4n) is 5.36. The van der Waals surface area contributed by atoms with Crippen molar-refractivity contribution in [1.29, 1.82) is 0 Å². The van der Waals surface area contributed by atoms with E-state index in [-0.39, 0.29) is 16.7 Å². The molecule has 11 heteroatoms. The molecule has 4 amide bonds. The smallest absolute Gasteiger partial charge is 0.338 e. The van der Waals surface area contributed by atoms with E-state index in [0.717, 1.165) is 21.5 Å². The molecule has 0 bridgehead atoms. The van der Waals surface area contributed by atoms with E-state index >= 15 is 0 Å². The molecular weight excluding hydrogens is 602 g/mol. The molecule has 11 nitrogen and oxygen atoms in total. The predicted molar refractivity (Wildman–Crippen MR) is 173 cm³/mol. The molecule has 47 heavy (non-hydrogen) atoms. The fourth-order valence-corrected chi connectivity index (χ4v) is 5.36. The van der Waals surface area contributed by atoms with E-state index < -0.39 is 54.8 Å². The molecule has 0 spiro atoms. The summed E-state index contributed by atoms with van der Waals surface area (Å²) in [4.78, 5) is 77.6. The van der Waals surface area contributed by atoms with Gasteiger partial charge in [-0.2, -0.15) is 0 Å². The van der Waals surface area contributed by atoms with Crippen molar-refractivity contribution in [2.75, 3.05) is 23.8 Å². The van der Waals surface area contributed by atoms with Gasteiger partial charge in [-0.3, -0.25) is 24.1 Å². The molecule has 6 rings (SSSR count). The number of rotatable bonds is 9. The van der Waals surface area contributed by atoms with Gasteiger partial charge in [-0.25, -0.2) is 9.59 Å². The van der Waals surface area contributed by atoms with Crippen molar-refractivity contribution in [3.63, 3.8) is 0 Å². The number of carbonyl (C=O) groups is 6. The molecule has 0 aromatic heterocycles. The summed E-state index contributed by atoms with van der Waals surface area (Å²) in [5.41, 5.74) is 0.901. The molecule has 1 heterocycles. The minimum atomic E-state index is -1.36. The lowest BCUT2D eigenvalue weighted by atomic mass is 10.1. The van der Waals surface area contributed by atoms with Crippen LogP contribution in [0.3, 0.4) is 0 Å². The third kappa shape index (κ3) is 6.27. The van der Waals surface area contributed by atoms with E-state index in [9.17, 15) is 28.8 Å². The van der Waals surface area contributed by atoms with E-state index in [1.54, 1.807) is 24.3 Å². The first-order valence-corrected chi connectivity index (χ1v) is 14.6. The van der Waals surface area contributed by atoms with Gasteiger partial charge < -0.3 is 20.1 Å². The van der Waals surface area contributed by atoms with Gasteiger partial charge >= 0.3 is 11.9 Å². The highest BCUT2D eigenvalue weighted by Crippen LogP contribution is 2.27. The Hall–Kier alpha value is -6.36. The number of carbonyl (C=O) groups excluding carboxylic acids is 6. The van der Waals surface area contributed by atoms with Gasteiger partial charge in [0.25, 0.3) is 23.6 Å². The molecule has 5 aromatic rings. The van der Waals surface area contributed by atoms with E-state index in [4.69, 9.17) is 9.47 Å². The number of amides is 4. The predicted octanol–water partition coefficient (Wildman–Crippen LogP) is 4.95. The molecule has 0 aliphatic carbocycles. The number of imide groups is 1. The van der Waals surface area contributed by atoms with Crippen molar-refractivity contribution in [3.8, 4) is 0 Å². The third-order valence-electron chi connectivity index (χ3n) is 7.69. The van der Waals surface area contributed by atoms with Crippen molar-refractivity contribution >= 4 is 68.5 Å². The number of benzene rings is 5. The summed E-state index contributed by atoms with van der Waals surface area (Å²) in [6, 6.07) is 28.1. The van der Waals surface area contributed by atoms with Gasteiger partial charge in [0.1, 0.15) is 6.04 Å². The van der Waals surface area contributed by atoms with Crippen LogP contribution in [0.4, 0.5) is 11.4 Å². The van der Waals surface area contributed by atoms with Crippen LogP contribution in [0.25, 0.3) is 21.5 Å². The summed E-state index contributed by atoms with van der Waals surface area (Å²) in [7, 11) is 0. The molecular formula is C36H27N3O8. The average Bonchev–Trinajstić information content (AvgIpc) is 3.34. The van der Waals surface area contributed by atoms with Crippen LogP contribution >= 0.6 is 0 Å². The fraction of sp³-hybridized carbons (Fsp3) is 0.111. The summed E-state index contributed by atoms with van der Waals surface area (Å²) in [6.45, 7) is 0.0745. The molecule has 1 aliphatic rings. The van der Waals surface area contributed by atoms with E-state index in [0.29, 0.717) is 16.3 Å². The zero-order valence-corrected chi connectivity index (χ0v) is 25.0. The normalized spacial score (nSPS) is 12.8. The average molecular weight is 630 g/mol. The van der Waals surface area contributed by atoms with Crippen molar-refractivity contribution < 1.29 is 38.2 Å². The number of ether oxygens (including phenoxy) is 2. The first-order valence-electron chi connectivity index (χ1n) is 14.6. The number of anilines is 2. The van der Waals surface area contributed by atoms with Gasteiger partial charge in [-0.05, 0) is 48.0 Å². The minimum absolute atomic E-state index is 0.0198. The molecule has 1 atom stereocenters. The van der Waals surface area contributed by atoms with Crippen LogP contribution in [0.2, 0.25) is 0 Å². The lowest BCUT2D eigenvalue weighted by molar-refractivity contribution is -0.150. The Morgan fingerprint density at radius 2 is 1.15 bits per heavy atom. The highest BCUT2D eigenvalue weighted by Gasteiger charge is 2.42. The molecule has 0 saturated heterocycles. The largest absolute Gasteiger partial charge is 0.454 e. The number of nitrogens with one attached hydrogen (secondary N) is 2. The quantitative estimate of drug-likeness (QED) is 0.172. The van der Waals surface area contributed by atoms with Crippen LogP contribution in [0.5, 0.6) is 0 Å². The van der Waals surface area contributed by atoms with Gasteiger partial charge in [0.15, 0.2) is 13.2 Å². The standard InChI is InChI=1S/C36H27N3O8/c1-21(35(44)46-19-31(40)37-29-14-6-10-22-8-2-4-12-25(22)29)39-33(42)27-17-16-24(18-28(27)34(39)43)36(45)47-20-32(41)38-30-15-7-11-23-9-3-5-13-26(23)30/h2-18,21H,19-20H2,1H3,(H,37,40)(H,38,41)/t21-/m1/s1. The second-order valence-electron chi connectivity index (χ2n) is 10.8. The van der Waals surface area contributed by atoms with Gasteiger partial charge in [-0.15, -0.1) is 0 Å². The zero-order valence-electron chi connectivity index (χ0n) is 25.0. The molecule has 0 saturated carbocycles. The number of nitrogens with zero attached hydrogens (tertiary/aromatic N) is 1. The van der Waals surface area contributed by atoms with Crippen molar-refractivity contribution in [1.82, 2.24) is 4.90 Å². The molecule has 5 aromatic carbocycles. The van der Waals surface area contributed by atoms with Gasteiger partial charge in [0.05, 0.1) is 16.7 Å². The van der Waals surface area contributed by atoms with Gasteiger partial charge in [0.2, 0.25) is 0 Å². The molecule has 234 valence electrons. The number of fused-ring (bicyclic) bond motifs is 3. The second-order valence-corrected chi connectivity index (χ2v) is 10.8. The summed E-state index contributed by atoms with van der Waals surface area (Å²) in [5.74, 6) is -4.60. The van der Waals surface area contributed by atoms with Crippen LogP contribution in [0.15, 0.2) is 103 Å². The number of hydrogen-bond acceptors (Lipinski definition) is 8. The van der Waals surface area contributed by atoms with Gasteiger partial charge in [-0.1, -0.05) is 72.8 Å². The topological polar surface area (TPSA) is 148 Å². The number of esters is 2. The molecule has 1 aliphatic heterocycles. The second kappa shape index (κ2) is 12.9. The highest BCUT2D eigenvalue weighted by molar-refractivity contribution is 6.23. The van der Waals surface area contributed by atoms with Crippen LogP contribution in [-0.4, -0.2) is 59.7 Å². The Morgan fingerprint density at radius 1 is 0.638 bits per heavy atom. The molecule has 0 radical (unpaired) electrons. The maximum absolute atomic E-state index is 13.2. The summed E-state index contributed by atoms with van der Waals surface area (Å²) in [6.07, 6.45) is 0. The lowest BCUT2D eigenvalue weighted by Crippen LogP contribution is -2.44. The summed E-state index contributed by atoms with van der Waals surface area (Å²) < 4.78 is 10.3. The highest BCUT2D eigenvalue weighted by atomic mass is 16.5. The van der Waals surface area contributed by atoms with Crippen molar-refractivity contribution in [2.45, 2.75) is 13.0 Å². The molecule has 0 fully saturated rings. The van der Waals surface area contributed by atoms with Gasteiger partial charge in [0, 0.05) is 22.1 Å². The van der Waals surface area contributed by atoms with Crippen LogP contribution in [0.1, 0.15) is 38.0 Å². The first-order chi connectivity index (χ1) is 22.7. The number of hydrogen-bond donors (Lipinski definition) is 2. The monoisotopic (exact) mass is 629 g/mol. The summed E-state index contributed by atoms with van der Waals surface area (Å²) in [5, 5.41) is 8.90. The Labute approximate surface area is 268 Å². The maximum Gasteiger partial charge on any atom is 0.338 e. The van der Waals surface area contributed by atoms with E-state index in [2.05, 4.69) is 10.6 Å². The van der Waals surface area contributed by atoms with Crippen LogP contribution in [0, 0.1) is 0 Å². The third-order valence-corrected chi connectivity index (χ3v) is 7.69. The van der Waals surface area contributed by atoms with E-state index in [1.807, 2.05) is 60.7 Å². The Kier molecular flexibility index (Phi) is 8.44. The van der Waals surface area contributed by atoms with Crippen LogP contribution in [-0.2, 0) is 23.9 Å². The Bertz CT molecular complexity index is 2100. The Morgan fingerprint density at radius 3 is 1.74 bits per heavy atom. The first kappa shape index (κ1) is 30.7. The molecule has 0 unspecified atom stereocenters. The van der Waals surface area contributed by atoms with Crippen LogP contribution < -0.4 is 10.6 Å².